The predicted octanol–water partition coefficient (Wildman–Crippen LogP) is 0.125. The van der Waals surface area contributed by atoms with Crippen molar-refractivity contribution in [1.29, 1.82) is 0 Å². The second kappa shape index (κ2) is 5.36. The van der Waals surface area contributed by atoms with Crippen molar-refractivity contribution in [3.8, 4) is 0 Å². The van der Waals surface area contributed by atoms with Crippen LogP contribution in [0.1, 0.15) is 12.8 Å². The van der Waals surface area contributed by atoms with Gasteiger partial charge in [0.15, 0.2) is 0 Å². The van der Waals surface area contributed by atoms with E-state index in [-0.39, 0.29) is 17.4 Å². The van der Waals surface area contributed by atoms with Gasteiger partial charge < -0.3 is 15.7 Å². The maximum Gasteiger partial charge on any atom is 0.240 e. The number of nitrogens with two attached hydrogens (primary N) is 2. The van der Waals surface area contributed by atoms with Crippen molar-refractivity contribution >= 4 is 21.4 Å². The molecule has 1 aliphatic heterocycles. The van der Waals surface area contributed by atoms with Crippen LogP contribution in [0.15, 0.2) is 23.1 Å². The first kappa shape index (κ1) is 14.1. The summed E-state index contributed by atoms with van der Waals surface area (Å²) in [6.07, 6.45) is 1.87. The van der Waals surface area contributed by atoms with E-state index >= 15 is 0 Å². The topological polar surface area (TPSA) is 110 Å². The third-order valence-electron chi connectivity index (χ3n) is 3.41. The zero-order chi connectivity index (χ0) is 14.0. The lowest BCUT2D eigenvalue weighted by Gasteiger charge is -2.34. The summed E-state index contributed by atoms with van der Waals surface area (Å²) in [7, 11) is -3.81. The lowest BCUT2D eigenvalue weighted by atomic mass is 9.98. The lowest BCUT2D eigenvalue weighted by Crippen LogP contribution is -2.37. The Morgan fingerprint density at radius 1 is 1.42 bits per heavy atom. The summed E-state index contributed by atoms with van der Waals surface area (Å²) in [5.41, 5.74) is 6.56. The number of hydrogen-bond acceptors (Lipinski definition) is 5. The largest absolute Gasteiger partial charge is 0.399 e. The maximum atomic E-state index is 11.6. The molecule has 0 radical (unpaired) electrons. The third-order valence-corrected chi connectivity index (χ3v) is 4.35. The van der Waals surface area contributed by atoms with Crippen LogP contribution in [0.25, 0.3) is 0 Å². The van der Waals surface area contributed by atoms with E-state index in [1.807, 2.05) is 4.90 Å². The Labute approximate surface area is 113 Å². The Bertz CT molecular complexity index is 559. The number of anilines is 2. The van der Waals surface area contributed by atoms with Crippen LogP contribution >= 0.6 is 0 Å². The first-order chi connectivity index (χ1) is 8.91. The van der Waals surface area contributed by atoms with E-state index in [0.29, 0.717) is 17.9 Å². The molecular weight excluding hydrogens is 266 g/mol. The number of aliphatic hydroxyl groups is 1. The zero-order valence-corrected chi connectivity index (χ0v) is 11.4. The highest BCUT2D eigenvalue weighted by molar-refractivity contribution is 7.89. The van der Waals surface area contributed by atoms with Gasteiger partial charge in [-0.3, -0.25) is 0 Å². The summed E-state index contributed by atoms with van der Waals surface area (Å²) in [6.45, 7) is 1.49. The van der Waals surface area contributed by atoms with Gasteiger partial charge in [0, 0.05) is 25.4 Å². The average molecular weight is 285 g/mol. The highest BCUT2D eigenvalue weighted by Crippen LogP contribution is 2.30. The van der Waals surface area contributed by atoms with Gasteiger partial charge in [0.1, 0.15) is 4.90 Å². The minimum Gasteiger partial charge on any atom is -0.399 e. The quantitative estimate of drug-likeness (QED) is 0.684. The van der Waals surface area contributed by atoms with Crippen molar-refractivity contribution in [3.63, 3.8) is 0 Å². The molecule has 1 heterocycles. The molecule has 0 aromatic heterocycles. The number of hydrogen-bond donors (Lipinski definition) is 3. The second-order valence-corrected chi connectivity index (χ2v) is 6.44. The molecule has 1 aliphatic rings. The number of rotatable bonds is 3. The van der Waals surface area contributed by atoms with Crippen LogP contribution in [0.4, 0.5) is 11.4 Å². The van der Waals surface area contributed by atoms with Crippen LogP contribution in [0.2, 0.25) is 0 Å². The molecule has 6 nitrogen and oxygen atoms in total. The summed E-state index contributed by atoms with van der Waals surface area (Å²) < 4.78 is 23.3. The Kier molecular flexibility index (Phi) is 3.98. The number of nitrogen functional groups attached to an aromatic ring is 1. The third kappa shape index (κ3) is 3.17. The molecule has 106 valence electrons. The normalized spacial score (nSPS) is 20.5. The number of nitrogens with zero attached hydrogens (tertiary/aromatic N) is 1. The van der Waals surface area contributed by atoms with Gasteiger partial charge in [0.05, 0.1) is 5.69 Å². The number of primary sulfonamides is 1. The van der Waals surface area contributed by atoms with Gasteiger partial charge in [-0.2, -0.15) is 0 Å². The average Bonchev–Trinajstić information content (AvgIpc) is 2.37. The number of sulfonamides is 1. The molecule has 1 saturated heterocycles. The molecule has 2 rings (SSSR count). The highest BCUT2D eigenvalue weighted by Gasteiger charge is 2.24. The van der Waals surface area contributed by atoms with Gasteiger partial charge in [0.25, 0.3) is 0 Å². The molecule has 1 unspecified atom stereocenters. The Morgan fingerprint density at radius 3 is 2.79 bits per heavy atom. The van der Waals surface area contributed by atoms with E-state index in [9.17, 15) is 13.5 Å². The highest BCUT2D eigenvalue weighted by atomic mass is 32.2. The molecule has 0 amide bonds. The number of benzene rings is 1. The van der Waals surface area contributed by atoms with Gasteiger partial charge in [-0.1, -0.05) is 0 Å². The van der Waals surface area contributed by atoms with Crippen LogP contribution < -0.4 is 15.8 Å². The van der Waals surface area contributed by atoms with Crippen LogP contribution in [0.3, 0.4) is 0 Å². The summed E-state index contributed by atoms with van der Waals surface area (Å²) >= 11 is 0. The second-order valence-electron chi connectivity index (χ2n) is 4.91. The Balaban J connectivity index is 2.39. The minimum absolute atomic E-state index is 0.0473. The molecule has 7 heteroatoms. The SMILES string of the molecule is Nc1ccc(N2CCCC(CO)C2)c(S(N)(=O)=O)c1. The van der Waals surface area contributed by atoms with Gasteiger partial charge in [0.2, 0.25) is 10.0 Å². The molecule has 1 fully saturated rings. The molecule has 19 heavy (non-hydrogen) atoms. The van der Waals surface area contributed by atoms with Gasteiger partial charge >= 0.3 is 0 Å². The van der Waals surface area contributed by atoms with E-state index in [1.165, 1.54) is 6.07 Å². The zero-order valence-electron chi connectivity index (χ0n) is 10.6. The summed E-state index contributed by atoms with van der Waals surface area (Å²) in [5, 5.41) is 14.5. The molecule has 5 N–H and O–H groups in total. The fourth-order valence-electron chi connectivity index (χ4n) is 2.45. The summed E-state index contributed by atoms with van der Waals surface area (Å²) in [5.74, 6) is 0.166. The number of aliphatic hydroxyl groups excluding tert-OH is 1. The van der Waals surface area contributed by atoms with Gasteiger partial charge in [-0.05, 0) is 37.0 Å². The first-order valence-electron chi connectivity index (χ1n) is 6.20. The van der Waals surface area contributed by atoms with E-state index in [0.717, 1.165) is 19.4 Å². The molecule has 0 aliphatic carbocycles. The first-order valence-corrected chi connectivity index (χ1v) is 7.74. The van der Waals surface area contributed by atoms with E-state index in [1.54, 1.807) is 12.1 Å². The smallest absolute Gasteiger partial charge is 0.240 e. The van der Waals surface area contributed by atoms with Crippen molar-refractivity contribution in [2.45, 2.75) is 17.7 Å². The standard InChI is InChI=1S/C12H19N3O3S/c13-10-3-4-11(12(6-10)19(14,17)18)15-5-1-2-9(7-15)8-16/h3-4,6,9,16H,1-2,5,7-8,13H2,(H2,14,17,18). The molecule has 0 spiro atoms. The fraction of sp³-hybridized carbons (Fsp3) is 0.500. The van der Waals surface area contributed by atoms with Crippen molar-refractivity contribution in [2.75, 3.05) is 30.3 Å². The number of piperidine rings is 1. The molecule has 1 atom stereocenters. The molecular formula is C12H19N3O3S. The van der Waals surface area contributed by atoms with Crippen molar-refractivity contribution in [1.82, 2.24) is 0 Å². The van der Waals surface area contributed by atoms with Gasteiger partial charge in [-0.15, -0.1) is 0 Å². The van der Waals surface area contributed by atoms with E-state index in [2.05, 4.69) is 0 Å². The van der Waals surface area contributed by atoms with Crippen LogP contribution in [0.5, 0.6) is 0 Å². The van der Waals surface area contributed by atoms with Crippen molar-refractivity contribution < 1.29 is 13.5 Å². The van der Waals surface area contributed by atoms with Crippen LogP contribution in [0, 0.1) is 5.92 Å². The van der Waals surface area contributed by atoms with Crippen LogP contribution in [-0.2, 0) is 10.0 Å². The predicted molar refractivity (Wildman–Crippen MR) is 74.3 cm³/mol. The monoisotopic (exact) mass is 285 g/mol. The van der Waals surface area contributed by atoms with E-state index < -0.39 is 10.0 Å². The van der Waals surface area contributed by atoms with Crippen molar-refractivity contribution in [2.24, 2.45) is 11.1 Å². The summed E-state index contributed by atoms with van der Waals surface area (Å²) in [6, 6.07) is 4.72. The molecule has 1 aromatic carbocycles. The molecule has 1 aromatic rings. The fourth-order valence-corrected chi connectivity index (χ4v) is 3.24. The summed E-state index contributed by atoms with van der Waals surface area (Å²) in [4.78, 5) is 2.00. The maximum absolute atomic E-state index is 11.6. The Morgan fingerprint density at radius 2 is 2.16 bits per heavy atom. The van der Waals surface area contributed by atoms with Crippen LogP contribution in [-0.4, -0.2) is 33.2 Å². The van der Waals surface area contributed by atoms with E-state index in [4.69, 9.17) is 10.9 Å². The molecule has 0 bridgehead atoms. The Hall–Kier alpha value is -1.31. The lowest BCUT2D eigenvalue weighted by molar-refractivity contribution is 0.208. The minimum atomic E-state index is -3.81. The molecule has 0 saturated carbocycles. The van der Waals surface area contributed by atoms with Gasteiger partial charge in [-0.25, -0.2) is 13.6 Å². The van der Waals surface area contributed by atoms with Crippen molar-refractivity contribution in [3.05, 3.63) is 18.2 Å².